The first-order valence-corrected chi connectivity index (χ1v) is 13.3. The van der Waals surface area contributed by atoms with E-state index in [0.29, 0.717) is 0 Å². The Morgan fingerprint density at radius 2 is 1.74 bits per heavy atom. The standard InChI is InChI=1S/C18H23N3OS.C7H7F.C2H6.C2H2/c1-14(15-8-4-2-5-9-15)21-23(22)13-12-18-16-10-6-3-7-11-17(16)19-20-18;1-6-3-2-4-7(8)5-6;2*1-2/h2,4-5,8-9,12-14,21H,3,6-7,10-11H2,1H3,(H,19,20);2-5H,1H3;1-2H3;1-2H/b13-12+;;;/t14-,23?;;;/m0.../s1. The number of H-pyrrole nitrogens is 1. The first-order chi connectivity index (χ1) is 17.0. The molecule has 1 aliphatic rings. The van der Waals surface area contributed by atoms with Crippen molar-refractivity contribution >= 4 is 17.1 Å². The van der Waals surface area contributed by atoms with Gasteiger partial charge in [-0.1, -0.05) is 62.7 Å². The maximum atomic E-state index is 12.2. The lowest BCUT2D eigenvalue weighted by atomic mass is 10.1. The summed E-state index contributed by atoms with van der Waals surface area (Å²) in [5.41, 5.74) is 5.57. The first-order valence-electron chi connectivity index (χ1n) is 12.0. The van der Waals surface area contributed by atoms with Crippen molar-refractivity contribution in [3.05, 3.63) is 93.9 Å². The number of aromatic amines is 1. The van der Waals surface area contributed by atoms with Crippen LogP contribution in [0.4, 0.5) is 4.39 Å². The number of nitrogens with one attached hydrogen (secondary N) is 2. The third kappa shape index (κ3) is 10.9. The van der Waals surface area contributed by atoms with Gasteiger partial charge in [-0.15, -0.1) is 12.8 Å². The van der Waals surface area contributed by atoms with Crippen LogP contribution in [-0.4, -0.2) is 14.4 Å². The summed E-state index contributed by atoms with van der Waals surface area (Å²) in [6.07, 6.45) is 15.7. The zero-order valence-electron chi connectivity index (χ0n) is 21.3. The van der Waals surface area contributed by atoms with Crippen molar-refractivity contribution < 1.29 is 8.60 Å². The molecule has 188 valence electrons. The van der Waals surface area contributed by atoms with Crippen molar-refractivity contribution in [2.45, 2.75) is 65.8 Å². The summed E-state index contributed by atoms with van der Waals surface area (Å²) in [5, 5.41) is 9.21. The zero-order valence-corrected chi connectivity index (χ0v) is 22.1. The van der Waals surface area contributed by atoms with Crippen LogP contribution < -0.4 is 4.72 Å². The lowest BCUT2D eigenvalue weighted by molar-refractivity contribution is 0.626. The van der Waals surface area contributed by atoms with Gasteiger partial charge in [0.25, 0.3) is 0 Å². The molecule has 1 aromatic heterocycles. The molecule has 1 aliphatic carbocycles. The fraction of sp³-hybridized carbons (Fsp3) is 0.345. The van der Waals surface area contributed by atoms with E-state index in [0.717, 1.165) is 29.7 Å². The lowest BCUT2D eigenvalue weighted by Crippen LogP contribution is -2.19. The van der Waals surface area contributed by atoms with Crippen LogP contribution in [0.5, 0.6) is 0 Å². The Balaban J connectivity index is 0.000000427. The maximum absolute atomic E-state index is 12.2. The van der Waals surface area contributed by atoms with Crippen LogP contribution in [0, 0.1) is 25.6 Å². The normalized spacial score (nSPS) is 13.9. The SMILES string of the molecule is C#C.CC.C[C@H](NS(=O)/C=C/c1n[nH]c2c1CCCCC2)c1ccccc1.Cc1cccc(F)c1. The molecule has 3 aromatic rings. The van der Waals surface area contributed by atoms with E-state index in [2.05, 4.69) is 27.8 Å². The molecule has 0 spiro atoms. The van der Waals surface area contributed by atoms with Gasteiger partial charge in [-0.05, 0) is 68.9 Å². The van der Waals surface area contributed by atoms with Gasteiger partial charge < -0.3 is 0 Å². The van der Waals surface area contributed by atoms with Crippen LogP contribution in [0.1, 0.15) is 74.2 Å². The molecule has 0 saturated carbocycles. The highest BCUT2D eigenvalue weighted by atomic mass is 32.2. The van der Waals surface area contributed by atoms with Crippen molar-refractivity contribution in [3.8, 4) is 12.8 Å². The predicted molar refractivity (Wildman–Crippen MR) is 147 cm³/mol. The highest BCUT2D eigenvalue weighted by Gasteiger charge is 2.14. The Hall–Kier alpha value is -3.01. The van der Waals surface area contributed by atoms with Gasteiger partial charge in [0.15, 0.2) is 0 Å². The Labute approximate surface area is 213 Å². The molecular weight excluding hydrogens is 457 g/mol. The van der Waals surface area contributed by atoms with Crippen molar-refractivity contribution in [2.75, 3.05) is 0 Å². The molecule has 0 aliphatic heterocycles. The third-order valence-electron chi connectivity index (χ3n) is 5.26. The van der Waals surface area contributed by atoms with Gasteiger partial charge in [0.2, 0.25) is 0 Å². The van der Waals surface area contributed by atoms with Crippen molar-refractivity contribution in [1.29, 1.82) is 0 Å². The second-order valence-corrected chi connectivity index (χ2v) is 8.88. The molecule has 2 atom stereocenters. The molecule has 0 fully saturated rings. The largest absolute Gasteiger partial charge is 0.282 e. The fourth-order valence-corrected chi connectivity index (χ4v) is 4.39. The Morgan fingerprint density at radius 3 is 2.37 bits per heavy atom. The number of terminal acetylenes is 1. The summed E-state index contributed by atoms with van der Waals surface area (Å²) >= 11 is 0. The number of hydrogen-bond acceptors (Lipinski definition) is 2. The molecule has 0 saturated heterocycles. The zero-order chi connectivity index (χ0) is 26.1. The number of halogens is 1. The summed E-state index contributed by atoms with van der Waals surface area (Å²) in [4.78, 5) is 0. The second kappa shape index (κ2) is 17.4. The number of nitrogens with zero attached hydrogens (tertiary/aromatic N) is 1. The molecule has 1 unspecified atom stereocenters. The Bertz CT molecular complexity index is 1040. The van der Waals surface area contributed by atoms with Gasteiger partial charge in [0, 0.05) is 22.7 Å². The quantitative estimate of drug-likeness (QED) is 0.294. The van der Waals surface area contributed by atoms with E-state index in [-0.39, 0.29) is 11.9 Å². The topological polar surface area (TPSA) is 57.8 Å². The number of hydrogen-bond donors (Lipinski definition) is 2. The molecule has 4 rings (SSSR count). The van der Waals surface area contributed by atoms with Crippen LogP contribution in [0.25, 0.3) is 6.08 Å². The van der Waals surface area contributed by atoms with E-state index in [1.165, 1.54) is 42.7 Å². The molecule has 0 amide bonds. The van der Waals surface area contributed by atoms with E-state index in [9.17, 15) is 8.60 Å². The Kier molecular flexibility index (Phi) is 14.9. The van der Waals surface area contributed by atoms with E-state index in [4.69, 9.17) is 0 Å². The smallest absolute Gasteiger partial charge is 0.123 e. The van der Waals surface area contributed by atoms with Crippen molar-refractivity contribution in [3.63, 3.8) is 0 Å². The molecule has 35 heavy (non-hydrogen) atoms. The maximum Gasteiger partial charge on any atom is 0.123 e. The van der Waals surface area contributed by atoms with Gasteiger partial charge in [0.1, 0.15) is 16.8 Å². The van der Waals surface area contributed by atoms with Crippen LogP contribution in [0.2, 0.25) is 0 Å². The van der Waals surface area contributed by atoms with E-state index < -0.39 is 11.0 Å². The average molecular weight is 496 g/mol. The van der Waals surface area contributed by atoms with E-state index in [1.54, 1.807) is 11.5 Å². The molecule has 0 radical (unpaired) electrons. The minimum atomic E-state index is -1.22. The van der Waals surface area contributed by atoms with Gasteiger partial charge >= 0.3 is 0 Å². The van der Waals surface area contributed by atoms with Gasteiger partial charge in [-0.2, -0.15) is 5.10 Å². The van der Waals surface area contributed by atoms with E-state index in [1.807, 2.05) is 70.2 Å². The van der Waals surface area contributed by atoms with Crippen LogP contribution in [0.3, 0.4) is 0 Å². The highest BCUT2D eigenvalue weighted by molar-refractivity contribution is 7.86. The summed E-state index contributed by atoms with van der Waals surface area (Å²) in [7, 11) is -1.22. The number of fused-ring (bicyclic) bond motifs is 1. The monoisotopic (exact) mass is 495 g/mol. The van der Waals surface area contributed by atoms with Crippen LogP contribution >= 0.6 is 0 Å². The minimum absolute atomic E-state index is 0.0398. The summed E-state index contributed by atoms with van der Waals surface area (Å²) in [5.74, 6) is -0.162. The molecule has 1 heterocycles. The van der Waals surface area contributed by atoms with Crippen LogP contribution in [0.15, 0.2) is 60.0 Å². The molecule has 6 heteroatoms. The van der Waals surface area contributed by atoms with Gasteiger partial charge in [-0.3, -0.25) is 5.10 Å². The number of aryl methyl sites for hydroxylation is 2. The summed E-state index contributed by atoms with van der Waals surface area (Å²) in [6, 6.07) is 16.6. The van der Waals surface area contributed by atoms with Gasteiger partial charge in [-0.25, -0.2) is 13.3 Å². The molecule has 0 bridgehead atoms. The first kappa shape index (κ1) is 30.0. The number of aromatic nitrogens is 2. The molecule has 2 aromatic carbocycles. The Morgan fingerprint density at radius 1 is 1.06 bits per heavy atom. The predicted octanol–water partition coefficient (Wildman–Crippen LogP) is 7.07. The fourth-order valence-electron chi connectivity index (χ4n) is 3.58. The molecule has 2 N–H and O–H groups in total. The van der Waals surface area contributed by atoms with Crippen LogP contribution in [-0.2, 0) is 23.8 Å². The molecular formula is C29H38FN3OS. The minimum Gasteiger partial charge on any atom is -0.282 e. The van der Waals surface area contributed by atoms with Crippen molar-refractivity contribution in [1.82, 2.24) is 14.9 Å². The average Bonchev–Trinajstić information content (AvgIpc) is 3.11. The van der Waals surface area contributed by atoms with Gasteiger partial charge in [0.05, 0.1) is 5.69 Å². The van der Waals surface area contributed by atoms with Crippen molar-refractivity contribution in [2.24, 2.45) is 0 Å². The lowest BCUT2D eigenvalue weighted by Gasteiger charge is -2.11. The molecule has 4 nitrogen and oxygen atoms in total. The van der Waals surface area contributed by atoms with E-state index >= 15 is 0 Å². The summed E-state index contributed by atoms with van der Waals surface area (Å²) < 4.78 is 27.5. The highest BCUT2D eigenvalue weighted by Crippen LogP contribution is 2.22. The third-order valence-corrected chi connectivity index (χ3v) is 6.23. The number of benzene rings is 2. The number of rotatable bonds is 5. The second-order valence-electron chi connectivity index (χ2n) is 7.78. The summed E-state index contributed by atoms with van der Waals surface area (Å²) in [6.45, 7) is 7.88.